The maximum Gasteiger partial charge on any atom is 0.169 e. The van der Waals surface area contributed by atoms with Gasteiger partial charge in [0.25, 0.3) is 0 Å². The summed E-state index contributed by atoms with van der Waals surface area (Å²) in [5, 5.41) is 3.48. The van der Waals surface area contributed by atoms with Crippen LogP contribution in [0.5, 0.6) is 0 Å². The molecule has 0 aromatic heterocycles. The summed E-state index contributed by atoms with van der Waals surface area (Å²) < 4.78 is 11.0. The van der Waals surface area contributed by atoms with Crippen molar-refractivity contribution in [2.75, 3.05) is 39.4 Å². The molecule has 1 unspecified atom stereocenters. The summed E-state index contributed by atoms with van der Waals surface area (Å²) in [4.78, 5) is 2.55. The summed E-state index contributed by atoms with van der Waals surface area (Å²) in [7, 11) is 0. The van der Waals surface area contributed by atoms with Crippen LogP contribution in [0.4, 0.5) is 0 Å². The van der Waals surface area contributed by atoms with Crippen LogP contribution in [0.3, 0.4) is 0 Å². The zero-order valence-electron chi connectivity index (χ0n) is 12.4. The van der Waals surface area contributed by atoms with Gasteiger partial charge in [-0.05, 0) is 53.1 Å². The molecule has 1 N–H and O–H groups in total. The van der Waals surface area contributed by atoms with Gasteiger partial charge in [-0.3, -0.25) is 0 Å². The lowest BCUT2D eigenvalue weighted by Crippen LogP contribution is -2.35. The monoisotopic (exact) mass is 258 g/mol. The Kier molecular flexibility index (Phi) is 7.82. The average Bonchev–Trinajstić information content (AvgIpc) is 2.78. The van der Waals surface area contributed by atoms with E-state index in [1.807, 2.05) is 13.8 Å². The average molecular weight is 258 g/mol. The van der Waals surface area contributed by atoms with Crippen LogP contribution in [0.1, 0.15) is 34.1 Å². The second-order valence-corrected chi connectivity index (χ2v) is 5.24. The first kappa shape index (κ1) is 15.9. The fraction of sp³-hybridized carbons (Fsp3) is 1.00. The highest BCUT2D eigenvalue weighted by molar-refractivity contribution is 4.79. The predicted octanol–water partition coefficient (Wildman–Crippen LogP) is 1.71. The molecule has 4 heteroatoms. The number of hydrogen-bond acceptors (Lipinski definition) is 4. The van der Waals surface area contributed by atoms with E-state index in [1.165, 1.54) is 19.5 Å². The van der Waals surface area contributed by atoms with E-state index >= 15 is 0 Å². The molecule has 18 heavy (non-hydrogen) atoms. The van der Waals surface area contributed by atoms with Gasteiger partial charge in [0.15, 0.2) is 6.29 Å². The summed E-state index contributed by atoms with van der Waals surface area (Å²) in [6.07, 6.45) is 1.21. The van der Waals surface area contributed by atoms with Crippen molar-refractivity contribution in [3.8, 4) is 0 Å². The van der Waals surface area contributed by atoms with Crippen molar-refractivity contribution in [1.82, 2.24) is 10.2 Å². The van der Waals surface area contributed by atoms with Crippen LogP contribution in [-0.2, 0) is 9.47 Å². The third-order valence-corrected chi connectivity index (χ3v) is 3.50. The normalized spacial score (nSPS) is 21.3. The molecule has 1 aliphatic rings. The molecule has 4 nitrogen and oxygen atoms in total. The van der Waals surface area contributed by atoms with E-state index < -0.39 is 0 Å². The van der Waals surface area contributed by atoms with Crippen molar-refractivity contribution in [2.24, 2.45) is 5.92 Å². The summed E-state index contributed by atoms with van der Waals surface area (Å²) in [5.74, 6) is 0.774. The van der Waals surface area contributed by atoms with E-state index in [1.54, 1.807) is 0 Å². The Morgan fingerprint density at radius 3 is 2.39 bits per heavy atom. The minimum Gasteiger partial charge on any atom is -0.352 e. The molecule has 0 aliphatic carbocycles. The van der Waals surface area contributed by atoms with Gasteiger partial charge in [0.05, 0.1) is 0 Å². The van der Waals surface area contributed by atoms with E-state index in [0.717, 1.165) is 19.0 Å². The molecule has 0 aromatic rings. The van der Waals surface area contributed by atoms with Crippen LogP contribution in [0.25, 0.3) is 0 Å². The Bertz CT molecular complexity index is 206. The van der Waals surface area contributed by atoms with Gasteiger partial charge in [-0.15, -0.1) is 0 Å². The molecular weight excluding hydrogens is 228 g/mol. The Labute approximate surface area is 112 Å². The second kappa shape index (κ2) is 8.86. The van der Waals surface area contributed by atoms with Gasteiger partial charge in [0.1, 0.15) is 0 Å². The fourth-order valence-electron chi connectivity index (χ4n) is 2.44. The standard InChI is InChI=1S/C14H30N2O2/c1-5-17-14(18-6-2)10-15-9-13-7-8-16(11-13)12(3)4/h12-15H,5-11H2,1-4H3. The maximum atomic E-state index is 5.51. The number of ether oxygens (including phenoxy) is 2. The van der Waals surface area contributed by atoms with Crippen LogP contribution in [0.15, 0.2) is 0 Å². The van der Waals surface area contributed by atoms with Gasteiger partial charge in [0.2, 0.25) is 0 Å². The van der Waals surface area contributed by atoms with Crippen LogP contribution >= 0.6 is 0 Å². The van der Waals surface area contributed by atoms with E-state index in [4.69, 9.17) is 9.47 Å². The molecule has 1 rings (SSSR count). The Balaban J connectivity index is 2.13. The Morgan fingerprint density at radius 1 is 1.22 bits per heavy atom. The van der Waals surface area contributed by atoms with E-state index in [0.29, 0.717) is 19.3 Å². The number of nitrogens with zero attached hydrogens (tertiary/aromatic N) is 1. The molecule has 1 atom stereocenters. The molecule has 1 heterocycles. The van der Waals surface area contributed by atoms with E-state index in [9.17, 15) is 0 Å². The lowest BCUT2D eigenvalue weighted by molar-refractivity contribution is -0.133. The molecule has 1 saturated heterocycles. The van der Waals surface area contributed by atoms with Gasteiger partial charge < -0.3 is 19.7 Å². The van der Waals surface area contributed by atoms with E-state index in [2.05, 4.69) is 24.1 Å². The highest BCUT2D eigenvalue weighted by Crippen LogP contribution is 2.17. The van der Waals surface area contributed by atoms with Crippen molar-refractivity contribution < 1.29 is 9.47 Å². The number of rotatable bonds is 9. The molecule has 1 fully saturated rings. The molecule has 0 saturated carbocycles. The van der Waals surface area contributed by atoms with Crippen molar-refractivity contribution in [1.29, 1.82) is 0 Å². The van der Waals surface area contributed by atoms with Crippen LogP contribution < -0.4 is 5.32 Å². The van der Waals surface area contributed by atoms with Crippen LogP contribution in [0, 0.1) is 5.92 Å². The molecule has 0 bridgehead atoms. The SMILES string of the molecule is CCOC(CNCC1CCN(C(C)C)C1)OCC. The van der Waals surface area contributed by atoms with Crippen molar-refractivity contribution >= 4 is 0 Å². The lowest BCUT2D eigenvalue weighted by Gasteiger charge is -2.21. The lowest BCUT2D eigenvalue weighted by atomic mass is 10.1. The highest BCUT2D eigenvalue weighted by Gasteiger charge is 2.23. The van der Waals surface area contributed by atoms with Gasteiger partial charge in [-0.25, -0.2) is 0 Å². The van der Waals surface area contributed by atoms with Gasteiger partial charge in [-0.2, -0.15) is 0 Å². The summed E-state index contributed by atoms with van der Waals surface area (Å²) in [6, 6.07) is 0.676. The number of nitrogens with one attached hydrogen (secondary N) is 1. The van der Waals surface area contributed by atoms with Gasteiger partial charge in [0, 0.05) is 32.3 Å². The maximum absolute atomic E-state index is 5.51. The van der Waals surface area contributed by atoms with Gasteiger partial charge in [-0.1, -0.05) is 0 Å². The zero-order chi connectivity index (χ0) is 13.4. The largest absolute Gasteiger partial charge is 0.352 e. The number of likely N-dealkylation sites (tertiary alicyclic amines) is 1. The van der Waals surface area contributed by atoms with Crippen LogP contribution in [0.2, 0.25) is 0 Å². The molecule has 0 aromatic carbocycles. The first-order valence-corrected chi connectivity index (χ1v) is 7.35. The molecule has 108 valence electrons. The first-order chi connectivity index (χ1) is 8.67. The molecule has 1 aliphatic heterocycles. The summed E-state index contributed by atoms with van der Waals surface area (Å²) in [6.45, 7) is 14.3. The van der Waals surface area contributed by atoms with Crippen molar-refractivity contribution in [2.45, 2.75) is 46.4 Å². The summed E-state index contributed by atoms with van der Waals surface area (Å²) >= 11 is 0. The predicted molar refractivity (Wildman–Crippen MR) is 74.7 cm³/mol. The van der Waals surface area contributed by atoms with E-state index in [-0.39, 0.29) is 6.29 Å². The molecular formula is C14H30N2O2. The summed E-state index contributed by atoms with van der Waals surface area (Å²) in [5.41, 5.74) is 0. The zero-order valence-corrected chi connectivity index (χ0v) is 12.4. The Hall–Kier alpha value is -0.160. The third-order valence-electron chi connectivity index (χ3n) is 3.50. The molecule has 0 radical (unpaired) electrons. The van der Waals surface area contributed by atoms with Crippen molar-refractivity contribution in [3.63, 3.8) is 0 Å². The molecule has 0 amide bonds. The Morgan fingerprint density at radius 2 is 1.89 bits per heavy atom. The quantitative estimate of drug-likeness (QED) is 0.638. The first-order valence-electron chi connectivity index (χ1n) is 7.35. The van der Waals surface area contributed by atoms with Gasteiger partial charge >= 0.3 is 0 Å². The molecule has 0 spiro atoms. The van der Waals surface area contributed by atoms with Crippen molar-refractivity contribution in [3.05, 3.63) is 0 Å². The topological polar surface area (TPSA) is 33.7 Å². The minimum atomic E-state index is -0.0948. The minimum absolute atomic E-state index is 0.0948. The fourth-order valence-corrected chi connectivity index (χ4v) is 2.44. The highest BCUT2D eigenvalue weighted by atomic mass is 16.7. The number of hydrogen-bond donors (Lipinski definition) is 1. The smallest absolute Gasteiger partial charge is 0.169 e. The van der Waals surface area contributed by atoms with Crippen LogP contribution in [-0.4, -0.2) is 56.6 Å². The third kappa shape index (κ3) is 5.65. The second-order valence-electron chi connectivity index (χ2n) is 5.24.